The summed E-state index contributed by atoms with van der Waals surface area (Å²) in [6.07, 6.45) is 7.05. The van der Waals surface area contributed by atoms with Gasteiger partial charge in [-0.05, 0) is 36.1 Å². The summed E-state index contributed by atoms with van der Waals surface area (Å²) in [4.78, 5) is 21.5. The lowest BCUT2D eigenvalue weighted by molar-refractivity contribution is 0.0486. The first-order chi connectivity index (χ1) is 14.5. The van der Waals surface area contributed by atoms with Crippen molar-refractivity contribution >= 4 is 16.9 Å². The lowest BCUT2D eigenvalue weighted by Gasteiger charge is -2.12. The van der Waals surface area contributed by atoms with Crippen LogP contribution in [0.25, 0.3) is 22.2 Å². The summed E-state index contributed by atoms with van der Waals surface area (Å²) in [7, 11) is 0. The highest BCUT2D eigenvalue weighted by Gasteiger charge is 2.17. The molecule has 30 heavy (non-hydrogen) atoms. The van der Waals surface area contributed by atoms with Crippen molar-refractivity contribution in [2.24, 2.45) is 0 Å². The number of unbranched alkanes of at least 4 members (excludes halogenated alkanes) is 1. The Morgan fingerprint density at radius 1 is 1.13 bits per heavy atom. The molecule has 0 saturated heterocycles. The number of aromatic nitrogens is 2. The molecule has 0 N–H and O–H groups in total. The molecular formula is C25H26N2O3. The molecule has 0 amide bonds. The minimum atomic E-state index is -0.516. The van der Waals surface area contributed by atoms with Gasteiger partial charge in [0.05, 0.1) is 17.8 Å². The molecular weight excluding hydrogens is 376 g/mol. The topological polar surface area (TPSA) is 61.3 Å². The number of esters is 1. The number of nitrogens with zero attached hydrogens (tertiary/aromatic N) is 2. The summed E-state index contributed by atoms with van der Waals surface area (Å²) in [6, 6.07) is 13.6. The van der Waals surface area contributed by atoms with Crippen LogP contribution in [0.1, 0.15) is 55.7 Å². The van der Waals surface area contributed by atoms with Gasteiger partial charge in [-0.25, -0.2) is 14.8 Å². The Labute approximate surface area is 177 Å². The van der Waals surface area contributed by atoms with Crippen molar-refractivity contribution in [1.82, 2.24) is 9.97 Å². The second-order valence-corrected chi connectivity index (χ2v) is 7.33. The second-order valence-electron chi connectivity index (χ2n) is 7.33. The third kappa shape index (κ3) is 4.96. The third-order valence-electron chi connectivity index (χ3n) is 4.75. The highest BCUT2D eigenvalue weighted by atomic mass is 16.5. The summed E-state index contributed by atoms with van der Waals surface area (Å²) in [6.45, 7) is 6.86. The molecule has 0 radical (unpaired) electrons. The second kappa shape index (κ2) is 9.89. The van der Waals surface area contributed by atoms with Gasteiger partial charge in [0.1, 0.15) is 12.4 Å². The zero-order chi connectivity index (χ0) is 21.5. The van der Waals surface area contributed by atoms with E-state index in [9.17, 15) is 4.79 Å². The maximum atomic E-state index is 12.5. The van der Waals surface area contributed by atoms with Gasteiger partial charge < -0.3 is 9.47 Å². The fourth-order valence-electron chi connectivity index (χ4n) is 3.03. The van der Waals surface area contributed by atoms with E-state index in [0.29, 0.717) is 29.5 Å². The average Bonchev–Trinajstić information content (AvgIpc) is 2.77. The molecule has 2 aromatic carbocycles. The van der Waals surface area contributed by atoms with Crippen LogP contribution in [0, 0.1) is 12.3 Å². The largest absolute Gasteiger partial charge is 0.481 e. The molecule has 0 saturated carbocycles. The van der Waals surface area contributed by atoms with Gasteiger partial charge in [0.2, 0.25) is 5.82 Å². The Hall–Kier alpha value is -3.39. The molecule has 1 heterocycles. The van der Waals surface area contributed by atoms with E-state index in [1.54, 1.807) is 12.1 Å². The molecule has 0 unspecified atom stereocenters. The summed E-state index contributed by atoms with van der Waals surface area (Å²) in [5, 5.41) is 0.784. The zero-order valence-corrected chi connectivity index (χ0v) is 17.6. The molecule has 3 rings (SSSR count). The minimum Gasteiger partial charge on any atom is -0.481 e. The van der Waals surface area contributed by atoms with E-state index in [1.165, 1.54) is 5.56 Å². The van der Waals surface area contributed by atoms with E-state index >= 15 is 0 Å². The predicted molar refractivity (Wildman–Crippen MR) is 119 cm³/mol. The molecule has 154 valence electrons. The van der Waals surface area contributed by atoms with Crippen LogP contribution < -0.4 is 4.74 Å². The Morgan fingerprint density at radius 3 is 2.57 bits per heavy atom. The summed E-state index contributed by atoms with van der Waals surface area (Å²) in [5.41, 5.74) is 3.42. The highest BCUT2D eigenvalue weighted by Crippen LogP contribution is 2.30. The predicted octanol–water partition coefficient (Wildman–Crippen LogP) is 5.39. The average molecular weight is 402 g/mol. The molecule has 5 heteroatoms. The molecule has 1 aromatic heterocycles. The third-order valence-corrected chi connectivity index (χ3v) is 4.75. The van der Waals surface area contributed by atoms with Crippen LogP contribution in [0.5, 0.6) is 5.75 Å². The van der Waals surface area contributed by atoms with Crippen molar-refractivity contribution in [2.45, 2.75) is 39.5 Å². The molecule has 0 aliphatic rings. The lowest BCUT2D eigenvalue weighted by Crippen LogP contribution is -2.12. The van der Waals surface area contributed by atoms with Gasteiger partial charge in [-0.3, -0.25) is 0 Å². The maximum Gasteiger partial charge on any atom is 0.376 e. The van der Waals surface area contributed by atoms with Crippen molar-refractivity contribution in [3.8, 4) is 29.4 Å². The number of terminal acetylenes is 1. The minimum absolute atomic E-state index is 0.0545. The van der Waals surface area contributed by atoms with Crippen LogP contribution in [-0.2, 0) is 4.74 Å². The van der Waals surface area contributed by atoms with Crippen LogP contribution in [0.3, 0.4) is 0 Å². The Morgan fingerprint density at radius 2 is 1.90 bits per heavy atom. The molecule has 0 aliphatic carbocycles. The van der Waals surface area contributed by atoms with Crippen molar-refractivity contribution in [2.75, 3.05) is 13.2 Å². The van der Waals surface area contributed by atoms with Gasteiger partial charge in [0, 0.05) is 10.9 Å². The molecule has 5 nitrogen and oxygen atoms in total. The summed E-state index contributed by atoms with van der Waals surface area (Å²) < 4.78 is 10.9. The Kier molecular flexibility index (Phi) is 7.03. The van der Waals surface area contributed by atoms with E-state index < -0.39 is 5.97 Å². The van der Waals surface area contributed by atoms with Crippen molar-refractivity contribution < 1.29 is 14.3 Å². The van der Waals surface area contributed by atoms with Crippen LogP contribution >= 0.6 is 0 Å². The smallest absolute Gasteiger partial charge is 0.376 e. The van der Waals surface area contributed by atoms with Gasteiger partial charge in [0.25, 0.3) is 0 Å². The fourth-order valence-corrected chi connectivity index (χ4v) is 3.03. The first kappa shape index (κ1) is 21.3. The first-order valence-corrected chi connectivity index (χ1v) is 10.2. The standard InChI is InChI=1S/C25H26N2O3/c1-5-7-15-30-25(28)24-26-22-13-12-20(29-14-6-2)16-21(22)23(27-24)19-10-8-18(9-11-19)17(3)4/h2,8-13,16-17H,5,7,14-15H2,1,3-4H3. The van der Waals surface area contributed by atoms with Gasteiger partial charge >= 0.3 is 5.97 Å². The highest BCUT2D eigenvalue weighted by molar-refractivity contribution is 5.96. The van der Waals surface area contributed by atoms with E-state index in [2.05, 4.69) is 41.9 Å². The number of ether oxygens (including phenoxy) is 2. The van der Waals surface area contributed by atoms with Crippen molar-refractivity contribution in [1.29, 1.82) is 0 Å². The van der Waals surface area contributed by atoms with Gasteiger partial charge in [0.15, 0.2) is 0 Å². The lowest BCUT2D eigenvalue weighted by atomic mass is 9.99. The number of benzene rings is 2. The summed E-state index contributed by atoms with van der Waals surface area (Å²) in [5.74, 6) is 3.05. The number of rotatable bonds is 8. The monoisotopic (exact) mass is 402 g/mol. The molecule has 0 spiro atoms. The first-order valence-electron chi connectivity index (χ1n) is 10.2. The number of carbonyl (C=O) groups is 1. The van der Waals surface area contributed by atoms with Gasteiger partial charge in [-0.1, -0.05) is 57.4 Å². The van der Waals surface area contributed by atoms with Gasteiger partial charge in [-0.2, -0.15) is 0 Å². The molecule has 3 aromatic rings. The zero-order valence-electron chi connectivity index (χ0n) is 17.6. The van der Waals surface area contributed by atoms with E-state index in [0.717, 1.165) is 23.8 Å². The van der Waals surface area contributed by atoms with Crippen LogP contribution in [-0.4, -0.2) is 29.2 Å². The fraction of sp³-hybridized carbons (Fsp3) is 0.320. The number of hydrogen-bond acceptors (Lipinski definition) is 5. The normalized spacial score (nSPS) is 10.8. The maximum absolute atomic E-state index is 12.5. The van der Waals surface area contributed by atoms with E-state index in [1.807, 2.05) is 25.1 Å². The quantitative estimate of drug-likeness (QED) is 0.287. The van der Waals surface area contributed by atoms with E-state index in [-0.39, 0.29) is 12.4 Å². The number of hydrogen-bond donors (Lipinski definition) is 0. The van der Waals surface area contributed by atoms with Gasteiger partial charge in [-0.15, -0.1) is 6.42 Å². The molecule has 0 atom stereocenters. The number of fused-ring (bicyclic) bond motifs is 1. The Bertz CT molecular complexity index is 1070. The molecule has 0 bridgehead atoms. The SMILES string of the molecule is C#CCOc1ccc2nc(C(=O)OCCCC)nc(-c3ccc(C(C)C)cc3)c2c1. The molecule has 0 fully saturated rings. The van der Waals surface area contributed by atoms with Crippen molar-refractivity contribution in [3.63, 3.8) is 0 Å². The van der Waals surface area contributed by atoms with E-state index in [4.69, 9.17) is 15.9 Å². The number of carbonyl (C=O) groups excluding carboxylic acids is 1. The van der Waals surface area contributed by atoms with Crippen LogP contribution in [0.2, 0.25) is 0 Å². The summed E-state index contributed by atoms with van der Waals surface area (Å²) >= 11 is 0. The molecule has 0 aliphatic heterocycles. The van der Waals surface area contributed by atoms with Crippen LogP contribution in [0.15, 0.2) is 42.5 Å². The van der Waals surface area contributed by atoms with Crippen molar-refractivity contribution in [3.05, 3.63) is 53.9 Å². The van der Waals surface area contributed by atoms with Crippen LogP contribution in [0.4, 0.5) is 0 Å². The Balaban J connectivity index is 2.09.